The van der Waals surface area contributed by atoms with Crippen LogP contribution in [0.3, 0.4) is 0 Å². The number of likely N-dealkylation sites (tertiary alicyclic amines) is 1. The first kappa shape index (κ1) is 16.9. The monoisotopic (exact) mass is 328 g/mol. The fourth-order valence-electron chi connectivity index (χ4n) is 3.81. The molecule has 0 bridgehead atoms. The van der Waals surface area contributed by atoms with Crippen molar-refractivity contribution >= 4 is 17.1 Å². The van der Waals surface area contributed by atoms with Gasteiger partial charge in [0.05, 0.1) is 6.04 Å². The van der Waals surface area contributed by atoms with Gasteiger partial charge in [0.15, 0.2) is 5.65 Å². The van der Waals surface area contributed by atoms with Crippen LogP contribution in [-0.4, -0.2) is 38.4 Å². The molecule has 0 radical (unpaired) electrons. The topological polar surface area (TPSA) is 51.0 Å². The number of fused-ring (bicyclic) bond motifs is 1. The smallest absolute Gasteiger partial charge is 0.225 e. The van der Waals surface area contributed by atoms with Gasteiger partial charge in [0.25, 0.3) is 0 Å². The van der Waals surface area contributed by atoms with Gasteiger partial charge in [-0.1, -0.05) is 20.8 Å². The lowest BCUT2D eigenvalue weighted by Gasteiger charge is -2.22. The summed E-state index contributed by atoms with van der Waals surface area (Å²) in [5, 5.41) is 0. The van der Waals surface area contributed by atoms with Crippen LogP contribution in [0, 0.1) is 5.92 Å². The summed E-state index contributed by atoms with van der Waals surface area (Å²) < 4.78 is 2.29. The van der Waals surface area contributed by atoms with Crippen LogP contribution in [0.4, 0.5) is 0 Å². The van der Waals surface area contributed by atoms with Gasteiger partial charge in [-0.15, -0.1) is 0 Å². The predicted molar refractivity (Wildman–Crippen MR) is 95.8 cm³/mol. The number of imidazole rings is 1. The molecule has 1 saturated heterocycles. The van der Waals surface area contributed by atoms with Gasteiger partial charge >= 0.3 is 0 Å². The number of aromatic nitrogens is 3. The highest BCUT2D eigenvalue weighted by Crippen LogP contribution is 2.29. The molecule has 5 nitrogen and oxygen atoms in total. The first-order valence-corrected chi connectivity index (χ1v) is 9.30. The van der Waals surface area contributed by atoms with Gasteiger partial charge in [-0.05, 0) is 37.8 Å². The molecule has 2 aromatic rings. The predicted octanol–water partition coefficient (Wildman–Crippen LogP) is 3.59. The van der Waals surface area contributed by atoms with E-state index in [2.05, 4.69) is 30.3 Å². The van der Waals surface area contributed by atoms with Crippen LogP contribution in [0.5, 0.6) is 0 Å². The molecule has 3 heterocycles. The van der Waals surface area contributed by atoms with E-state index in [0.717, 1.165) is 62.2 Å². The second-order valence-electron chi connectivity index (χ2n) is 6.73. The van der Waals surface area contributed by atoms with Crippen molar-refractivity contribution in [1.29, 1.82) is 0 Å². The molecule has 0 N–H and O–H groups in total. The Kier molecular flexibility index (Phi) is 5.17. The summed E-state index contributed by atoms with van der Waals surface area (Å²) in [5.74, 6) is 1.58. The quantitative estimate of drug-likeness (QED) is 0.814. The normalized spacial score (nSPS) is 18.0. The largest absolute Gasteiger partial charge is 0.340 e. The lowest BCUT2D eigenvalue weighted by atomic mass is 10.0. The number of carbonyl (C=O) groups is 1. The van der Waals surface area contributed by atoms with Crippen molar-refractivity contribution in [2.75, 3.05) is 13.1 Å². The molecular formula is C19H28N4O. The minimum absolute atomic E-state index is 0.163. The molecule has 0 unspecified atom stereocenters. The van der Waals surface area contributed by atoms with Crippen molar-refractivity contribution in [2.24, 2.45) is 5.92 Å². The average molecular weight is 328 g/mol. The first-order chi connectivity index (χ1) is 11.7. The van der Waals surface area contributed by atoms with Crippen LogP contribution in [0.25, 0.3) is 11.2 Å². The fraction of sp³-hybridized carbons (Fsp3) is 0.632. The molecule has 0 aromatic carbocycles. The van der Waals surface area contributed by atoms with Crippen LogP contribution in [0.1, 0.15) is 58.3 Å². The molecule has 0 saturated carbocycles. The molecule has 1 aliphatic heterocycles. The third kappa shape index (κ3) is 3.04. The summed E-state index contributed by atoms with van der Waals surface area (Å²) in [6.45, 7) is 8.01. The molecule has 1 aliphatic rings. The molecule has 2 aromatic heterocycles. The highest BCUT2D eigenvalue weighted by atomic mass is 16.2. The number of rotatable bonds is 6. The lowest BCUT2D eigenvalue weighted by Crippen LogP contribution is -2.34. The van der Waals surface area contributed by atoms with Crippen LogP contribution < -0.4 is 0 Å². The number of pyridine rings is 1. The SMILES string of the molecule is CCCc1nc2cccnc2n1[C@@H]1CCN(C(=O)C(CC)CC)C1. The van der Waals surface area contributed by atoms with Gasteiger partial charge < -0.3 is 9.47 Å². The van der Waals surface area contributed by atoms with E-state index < -0.39 is 0 Å². The van der Waals surface area contributed by atoms with E-state index in [1.807, 2.05) is 23.2 Å². The Morgan fingerprint density at radius 1 is 1.33 bits per heavy atom. The Balaban J connectivity index is 1.86. The molecule has 1 atom stereocenters. The number of aryl methyl sites for hydroxylation is 1. The van der Waals surface area contributed by atoms with E-state index >= 15 is 0 Å². The van der Waals surface area contributed by atoms with E-state index in [-0.39, 0.29) is 5.92 Å². The third-order valence-corrected chi connectivity index (χ3v) is 5.17. The zero-order valence-corrected chi connectivity index (χ0v) is 15.0. The highest BCUT2D eigenvalue weighted by molar-refractivity contribution is 5.79. The van der Waals surface area contributed by atoms with Gasteiger partial charge in [-0.2, -0.15) is 0 Å². The van der Waals surface area contributed by atoms with E-state index in [0.29, 0.717) is 11.9 Å². The van der Waals surface area contributed by atoms with E-state index in [1.165, 1.54) is 0 Å². The maximum Gasteiger partial charge on any atom is 0.225 e. The van der Waals surface area contributed by atoms with Crippen LogP contribution in [-0.2, 0) is 11.2 Å². The van der Waals surface area contributed by atoms with Crippen LogP contribution in [0.2, 0.25) is 0 Å². The molecule has 5 heteroatoms. The van der Waals surface area contributed by atoms with Crippen molar-refractivity contribution in [3.8, 4) is 0 Å². The van der Waals surface area contributed by atoms with Crippen molar-refractivity contribution < 1.29 is 4.79 Å². The Bertz CT molecular complexity index is 704. The van der Waals surface area contributed by atoms with E-state index in [1.54, 1.807) is 0 Å². The zero-order valence-electron chi connectivity index (χ0n) is 15.0. The molecular weight excluding hydrogens is 300 g/mol. The first-order valence-electron chi connectivity index (χ1n) is 9.30. The highest BCUT2D eigenvalue weighted by Gasteiger charge is 2.32. The standard InChI is InChI=1S/C19H28N4O/c1-4-8-17-21-16-9-7-11-20-18(16)23(17)15-10-12-22(13-15)19(24)14(5-2)6-3/h7,9,11,14-15H,4-6,8,10,12-13H2,1-3H3/t15-/m1/s1. The van der Waals surface area contributed by atoms with Gasteiger partial charge in [0.2, 0.25) is 5.91 Å². The summed E-state index contributed by atoms with van der Waals surface area (Å²) in [7, 11) is 0. The Morgan fingerprint density at radius 3 is 2.83 bits per heavy atom. The minimum Gasteiger partial charge on any atom is -0.340 e. The number of carbonyl (C=O) groups excluding carboxylic acids is 1. The Hall–Kier alpha value is -1.91. The number of hydrogen-bond donors (Lipinski definition) is 0. The maximum atomic E-state index is 12.7. The molecule has 1 amide bonds. The number of amides is 1. The molecule has 24 heavy (non-hydrogen) atoms. The Labute approximate surface area is 144 Å². The van der Waals surface area contributed by atoms with Gasteiger partial charge in [-0.3, -0.25) is 4.79 Å². The van der Waals surface area contributed by atoms with Crippen molar-refractivity contribution in [3.63, 3.8) is 0 Å². The van der Waals surface area contributed by atoms with E-state index in [4.69, 9.17) is 4.98 Å². The molecule has 3 rings (SSSR count). The molecule has 0 spiro atoms. The molecule has 0 aliphatic carbocycles. The van der Waals surface area contributed by atoms with Gasteiger partial charge in [0, 0.05) is 31.6 Å². The van der Waals surface area contributed by atoms with Gasteiger partial charge in [-0.25, -0.2) is 9.97 Å². The third-order valence-electron chi connectivity index (χ3n) is 5.17. The lowest BCUT2D eigenvalue weighted by molar-refractivity contribution is -0.134. The summed E-state index contributed by atoms with van der Waals surface area (Å²) >= 11 is 0. The molecule has 130 valence electrons. The minimum atomic E-state index is 0.163. The second kappa shape index (κ2) is 7.32. The summed E-state index contributed by atoms with van der Waals surface area (Å²) in [4.78, 5) is 24.1. The van der Waals surface area contributed by atoms with E-state index in [9.17, 15) is 4.79 Å². The Morgan fingerprint density at radius 2 is 2.12 bits per heavy atom. The number of hydrogen-bond acceptors (Lipinski definition) is 3. The van der Waals surface area contributed by atoms with Crippen molar-refractivity contribution in [1.82, 2.24) is 19.4 Å². The zero-order chi connectivity index (χ0) is 17.1. The summed E-state index contributed by atoms with van der Waals surface area (Å²) in [6, 6.07) is 4.26. The maximum absolute atomic E-state index is 12.7. The average Bonchev–Trinajstić information content (AvgIpc) is 3.20. The summed E-state index contributed by atoms with van der Waals surface area (Å²) in [5.41, 5.74) is 1.92. The fourth-order valence-corrected chi connectivity index (χ4v) is 3.81. The van der Waals surface area contributed by atoms with Gasteiger partial charge in [0.1, 0.15) is 11.3 Å². The number of nitrogens with zero attached hydrogens (tertiary/aromatic N) is 4. The van der Waals surface area contributed by atoms with Crippen molar-refractivity contribution in [2.45, 2.75) is 58.9 Å². The van der Waals surface area contributed by atoms with Crippen LogP contribution >= 0.6 is 0 Å². The second-order valence-corrected chi connectivity index (χ2v) is 6.73. The van der Waals surface area contributed by atoms with Crippen LogP contribution in [0.15, 0.2) is 18.3 Å². The summed E-state index contributed by atoms with van der Waals surface area (Å²) in [6.07, 6.45) is 6.68. The molecule has 1 fully saturated rings. The van der Waals surface area contributed by atoms with Crippen molar-refractivity contribution in [3.05, 3.63) is 24.2 Å².